The van der Waals surface area contributed by atoms with Crippen LogP contribution < -0.4 is 5.73 Å². The molecule has 0 aromatic heterocycles. The molecule has 2 aromatic rings. The molecule has 2 aromatic carbocycles. The summed E-state index contributed by atoms with van der Waals surface area (Å²) < 4.78 is 0. The Hall–Kier alpha value is -2.13. The first-order chi connectivity index (χ1) is 13.0. The second-order valence-electron chi connectivity index (χ2n) is 8.82. The zero-order valence-electron chi connectivity index (χ0n) is 16.4. The summed E-state index contributed by atoms with van der Waals surface area (Å²) in [7, 11) is 2.24. The van der Waals surface area contributed by atoms with Crippen molar-refractivity contribution in [3.63, 3.8) is 0 Å². The molecule has 4 rings (SSSR count). The van der Waals surface area contributed by atoms with Crippen LogP contribution in [0.4, 0.5) is 0 Å². The van der Waals surface area contributed by atoms with Gasteiger partial charge in [-0.25, -0.2) is 0 Å². The standard InChI is InChI=1S/C24H30N2O/c1-23(16-18-13-14-21(15-18)26(23)2)17-24(22(25)27,19-9-5-3-6-10-19)20-11-7-4-8-12-20/h3-12,18,21H,13-17H2,1-2H3,(H2,25,27). The SMILES string of the molecule is CN1C2CCC(C2)CC1(C)CC(C(N)=O)(c1ccccc1)c1ccccc1. The third-order valence-electron chi connectivity index (χ3n) is 7.24. The molecule has 1 amide bonds. The van der Waals surface area contributed by atoms with Crippen LogP contribution in [-0.2, 0) is 10.2 Å². The monoisotopic (exact) mass is 362 g/mol. The van der Waals surface area contributed by atoms with E-state index in [9.17, 15) is 4.79 Å². The highest BCUT2D eigenvalue weighted by Crippen LogP contribution is 2.50. The maximum Gasteiger partial charge on any atom is 0.232 e. The van der Waals surface area contributed by atoms with Gasteiger partial charge in [-0.2, -0.15) is 0 Å². The molecule has 3 atom stereocenters. The van der Waals surface area contributed by atoms with Crippen molar-refractivity contribution in [1.29, 1.82) is 0 Å². The number of nitrogens with zero attached hydrogens (tertiary/aromatic N) is 1. The summed E-state index contributed by atoms with van der Waals surface area (Å²) in [6.45, 7) is 2.33. The summed E-state index contributed by atoms with van der Waals surface area (Å²) in [5.41, 5.74) is 7.31. The Labute approximate surface area is 162 Å². The lowest BCUT2D eigenvalue weighted by Crippen LogP contribution is -2.58. The van der Waals surface area contributed by atoms with E-state index in [1.807, 2.05) is 36.4 Å². The Morgan fingerprint density at radius 1 is 1.07 bits per heavy atom. The van der Waals surface area contributed by atoms with Gasteiger partial charge in [-0.05, 0) is 63.1 Å². The quantitative estimate of drug-likeness (QED) is 0.870. The van der Waals surface area contributed by atoms with Crippen molar-refractivity contribution in [3.05, 3.63) is 71.8 Å². The van der Waals surface area contributed by atoms with Crippen molar-refractivity contribution < 1.29 is 4.79 Å². The van der Waals surface area contributed by atoms with Crippen molar-refractivity contribution >= 4 is 5.91 Å². The van der Waals surface area contributed by atoms with E-state index in [0.29, 0.717) is 12.5 Å². The smallest absolute Gasteiger partial charge is 0.232 e. The van der Waals surface area contributed by atoms with Gasteiger partial charge >= 0.3 is 0 Å². The van der Waals surface area contributed by atoms with Crippen LogP contribution in [0.15, 0.2) is 60.7 Å². The highest BCUT2D eigenvalue weighted by atomic mass is 16.1. The molecule has 0 radical (unpaired) electrons. The summed E-state index contributed by atoms with van der Waals surface area (Å²) in [5.74, 6) is 0.515. The van der Waals surface area contributed by atoms with E-state index in [4.69, 9.17) is 5.73 Å². The molecule has 1 saturated carbocycles. The second-order valence-corrected chi connectivity index (χ2v) is 8.82. The van der Waals surface area contributed by atoms with Crippen molar-refractivity contribution in [3.8, 4) is 0 Å². The highest BCUT2D eigenvalue weighted by molar-refractivity contribution is 5.91. The number of benzene rings is 2. The topological polar surface area (TPSA) is 46.3 Å². The molecule has 1 aliphatic carbocycles. The molecule has 2 aliphatic rings. The van der Waals surface area contributed by atoms with Crippen LogP contribution in [0.25, 0.3) is 0 Å². The molecule has 3 heteroatoms. The van der Waals surface area contributed by atoms with Crippen LogP contribution in [0.3, 0.4) is 0 Å². The molecule has 0 spiro atoms. The number of nitrogens with two attached hydrogens (primary N) is 1. The first-order valence-electron chi connectivity index (χ1n) is 10.1. The van der Waals surface area contributed by atoms with Crippen LogP contribution in [0, 0.1) is 5.92 Å². The number of primary amides is 1. The summed E-state index contributed by atoms with van der Waals surface area (Å²) in [4.78, 5) is 15.7. The lowest BCUT2D eigenvalue weighted by molar-refractivity contribution is -0.124. The van der Waals surface area contributed by atoms with Crippen molar-refractivity contribution in [1.82, 2.24) is 4.90 Å². The normalized spacial score (nSPS) is 28.2. The highest BCUT2D eigenvalue weighted by Gasteiger charge is 2.52. The lowest BCUT2D eigenvalue weighted by Gasteiger charge is -2.51. The summed E-state index contributed by atoms with van der Waals surface area (Å²) in [6.07, 6.45) is 5.73. The van der Waals surface area contributed by atoms with Crippen LogP contribution in [0.2, 0.25) is 0 Å². The van der Waals surface area contributed by atoms with Gasteiger partial charge in [0.1, 0.15) is 5.41 Å². The molecule has 1 aliphatic heterocycles. The Morgan fingerprint density at radius 2 is 1.63 bits per heavy atom. The van der Waals surface area contributed by atoms with E-state index in [1.165, 1.54) is 19.3 Å². The Bertz CT molecular complexity index is 764. The van der Waals surface area contributed by atoms with Gasteiger partial charge in [0.05, 0.1) is 0 Å². The number of hydrogen-bond acceptors (Lipinski definition) is 2. The van der Waals surface area contributed by atoms with Crippen LogP contribution >= 0.6 is 0 Å². The Morgan fingerprint density at radius 3 is 2.15 bits per heavy atom. The molecule has 27 heavy (non-hydrogen) atoms. The predicted molar refractivity (Wildman–Crippen MR) is 109 cm³/mol. The minimum Gasteiger partial charge on any atom is -0.369 e. The van der Waals surface area contributed by atoms with E-state index in [1.54, 1.807) is 0 Å². The molecule has 2 fully saturated rings. The predicted octanol–water partition coefficient (Wildman–Crippen LogP) is 4.11. The Kier molecular flexibility index (Phi) is 4.59. The van der Waals surface area contributed by atoms with Gasteiger partial charge in [-0.1, -0.05) is 60.7 Å². The number of amides is 1. The van der Waals surface area contributed by atoms with E-state index in [0.717, 1.165) is 23.5 Å². The first kappa shape index (κ1) is 18.2. The molecular formula is C24H30N2O. The summed E-state index contributed by atoms with van der Waals surface area (Å²) in [6, 6.07) is 20.9. The fourth-order valence-corrected chi connectivity index (χ4v) is 5.75. The molecule has 1 saturated heterocycles. The van der Waals surface area contributed by atoms with Crippen LogP contribution in [0.1, 0.15) is 50.2 Å². The van der Waals surface area contributed by atoms with E-state index in [-0.39, 0.29) is 11.4 Å². The zero-order valence-corrected chi connectivity index (χ0v) is 16.4. The molecule has 3 unspecified atom stereocenters. The second kappa shape index (κ2) is 6.79. The minimum absolute atomic E-state index is 0.0508. The molecule has 1 heterocycles. The number of carbonyl (C=O) groups is 1. The number of fused-ring (bicyclic) bond motifs is 2. The molecule has 3 nitrogen and oxygen atoms in total. The number of piperidine rings is 1. The molecule has 2 bridgehead atoms. The molecule has 142 valence electrons. The van der Waals surface area contributed by atoms with Gasteiger partial charge < -0.3 is 5.73 Å². The minimum atomic E-state index is -0.817. The van der Waals surface area contributed by atoms with Crippen LogP contribution in [0.5, 0.6) is 0 Å². The van der Waals surface area contributed by atoms with Gasteiger partial charge in [0.15, 0.2) is 0 Å². The number of hydrogen-bond donors (Lipinski definition) is 1. The molecular weight excluding hydrogens is 332 g/mol. The Balaban J connectivity index is 1.85. The van der Waals surface area contributed by atoms with Gasteiger partial charge in [-0.3, -0.25) is 9.69 Å². The number of likely N-dealkylation sites (tertiary alicyclic amines) is 1. The van der Waals surface area contributed by atoms with E-state index >= 15 is 0 Å². The molecule has 2 N–H and O–H groups in total. The maximum absolute atomic E-state index is 13.1. The number of carbonyl (C=O) groups excluding carboxylic acids is 1. The fraction of sp³-hybridized carbons (Fsp3) is 0.458. The maximum atomic E-state index is 13.1. The zero-order chi connectivity index (χ0) is 19.1. The van der Waals surface area contributed by atoms with Gasteiger partial charge in [0, 0.05) is 11.6 Å². The van der Waals surface area contributed by atoms with Gasteiger partial charge in [-0.15, -0.1) is 0 Å². The summed E-state index contributed by atoms with van der Waals surface area (Å²) in [5, 5.41) is 0. The van der Waals surface area contributed by atoms with Crippen LogP contribution in [-0.4, -0.2) is 29.4 Å². The number of rotatable bonds is 5. The average molecular weight is 363 g/mol. The van der Waals surface area contributed by atoms with Crippen molar-refractivity contribution in [2.24, 2.45) is 11.7 Å². The van der Waals surface area contributed by atoms with Crippen molar-refractivity contribution in [2.45, 2.75) is 56.0 Å². The summed E-state index contributed by atoms with van der Waals surface area (Å²) >= 11 is 0. The van der Waals surface area contributed by atoms with Gasteiger partial charge in [0.2, 0.25) is 5.91 Å². The van der Waals surface area contributed by atoms with E-state index < -0.39 is 5.41 Å². The third-order valence-corrected chi connectivity index (χ3v) is 7.24. The fourth-order valence-electron chi connectivity index (χ4n) is 5.75. The van der Waals surface area contributed by atoms with E-state index in [2.05, 4.69) is 43.1 Å². The lowest BCUT2D eigenvalue weighted by atomic mass is 9.64. The van der Waals surface area contributed by atoms with Crippen molar-refractivity contribution in [2.75, 3.05) is 7.05 Å². The van der Waals surface area contributed by atoms with Gasteiger partial charge in [0.25, 0.3) is 0 Å². The largest absolute Gasteiger partial charge is 0.369 e. The third kappa shape index (κ3) is 2.98. The first-order valence-corrected chi connectivity index (χ1v) is 10.1. The average Bonchev–Trinajstić information content (AvgIpc) is 3.10.